The SMILES string of the molecule is CCCCCN.[Zr]. The maximum Gasteiger partial charge on any atom is 0 e. The Morgan fingerprint density at radius 2 is 1.86 bits per heavy atom. The monoisotopic (exact) mass is 177 g/mol. The van der Waals surface area contributed by atoms with Crippen molar-refractivity contribution >= 4 is 0 Å². The number of hydrogen-bond acceptors (Lipinski definition) is 1. The fourth-order valence-corrected chi connectivity index (χ4v) is 0.394. The van der Waals surface area contributed by atoms with Crippen LogP contribution in [-0.4, -0.2) is 6.54 Å². The molecule has 0 aromatic heterocycles. The molecule has 0 unspecified atom stereocenters. The van der Waals surface area contributed by atoms with Crippen molar-refractivity contribution in [3.63, 3.8) is 0 Å². The summed E-state index contributed by atoms with van der Waals surface area (Å²) >= 11 is 0. The predicted octanol–water partition coefficient (Wildman–Crippen LogP) is 1.13. The third-order valence-corrected chi connectivity index (χ3v) is 0.808. The van der Waals surface area contributed by atoms with Gasteiger partial charge >= 0.3 is 0 Å². The minimum Gasteiger partial charge on any atom is -0.330 e. The Balaban J connectivity index is 0. The van der Waals surface area contributed by atoms with Crippen molar-refractivity contribution in [2.75, 3.05) is 6.54 Å². The largest absolute Gasteiger partial charge is 0.330 e. The molecule has 42 valence electrons. The van der Waals surface area contributed by atoms with Crippen molar-refractivity contribution in [2.45, 2.75) is 26.2 Å². The Bertz CT molecular complexity index is 20.0. The second-order valence-corrected chi connectivity index (χ2v) is 1.50. The van der Waals surface area contributed by atoms with E-state index >= 15 is 0 Å². The van der Waals surface area contributed by atoms with Crippen molar-refractivity contribution in [2.24, 2.45) is 5.73 Å². The molecule has 0 amide bonds. The summed E-state index contributed by atoms with van der Waals surface area (Å²) in [6.07, 6.45) is 3.75. The molecular weight excluding hydrogens is 165 g/mol. The molecule has 2 heteroatoms. The van der Waals surface area contributed by atoms with Gasteiger partial charge in [-0.2, -0.15) is 0 Å². The molecule has 0 aliphatic carbocycles. The minimum absolute atomic E-state index is 0. The Hall–Kier alpha value is 0.843. The molecule has 0 radical (unpaired) electrons. The van der Waals surface area contributed by atoms with Crippen LogP contribution in [0.5, 0.6) is 0 Å². The van der Waals surface area contributed by atoms with E-state index in [4.69, 9.17) is 5.73 Å². The number of unbranched alkanes of at least 4 members (excludes halogenated alkanes) is 2. The van der Waals surface area contributed by atoms with Crippen molar-refractivity contribution in [3.05, 3.63) is 0 Å². The van der Waals surface area contributed by atoms with Gasteiger partial charge in [0.2, 0.25) is 0 Å². The van der Waals surface area contributed by atoms with Crippen molar-refractivity contribution in [1.29, 1.82) is 0 Å². The van der Waals surface area contributed by atoms with E-state index in [9.17, 15) is 0 Å². The van der Waals surface area contributed by atoms with Gasteiger partial charge in [-0.3, -0.25) is 0 Å². The second kappa shape index (κ2) is 9.96. The maximum absolute atomic E-state index is 5.21. The summed E-state index contributed by atoms with van der Waals surface area (Å²) in [5.74, 6) is 0. The second-order valence-electron chi connectivity index (χ2n) is 1.50. The van der Waals surface area contributed by atoms with Crippen LogP contribution in [0.1, 0.15) is 26.2 Å². The summed E-state index contributed by atoms with van der Waals surface area (Å²) in [4.78, 5) is 0. The van der Waals surface area contributed by atoms with E-state index in [1.54, 1.807) is 0 Å². The van der Waals surface area contributed by atoms with Gasteiger partial charge in [0, 0.05) is 26.2 Å². The zero-order valence-electron chi connectivity index (χ0n) is 4.91. The average Bonchev–Trinajstić information content (AvgIpc) is 1.61. The number of rotatable bonds is 3. The maximum atomic E-state index is 5.21. The molecule has 0 aromatic rings. The van der Waals surface area contributed by atoms with Crippen LogP contribution < -0.4 is 5.73 Å². The summed E-state index contributed by atoms with van der Waals surface area (Å²) in [5, 5.41) is 0. The molecule has 0 saturated carbocycles. The molecule has 0 fully saturated rings. The molecule has 0 rings (SSSR count). The molecule has 0 aliphatic rings. The van der Waals surface area contributed by atoms with E-state index in [2.05, 4.69) is 6.92 Å². The molecule has 0 aliphatic heterocycles. The van der Waals surface area contributed by atoms with Gasteiger partial charge in [0.05, 0.1) is 0 Å². The molecule has 0 bridgehead atoms. The molecule has 0 spiro atoms. The van der Waals surface area contributed by atoms with Crippen molar-refractivity contribution in [1.82, 2.24) is 0 Å². The third kappa shape index (κ3) is 10.9. The van der Waals surface area contributed by atoms with E-state index in [-0.39, 0.29) is 26.2 Å². The summed E-state index contributed by atoms with van der Waals surface area (Å²) in [6, 6.07) is 0. The zero-order valence-corrected chi connectivity index (χ0v) is 7.36. The topological polar surface area (TPSA) is 26.0 Å². The standard InChI is InChI=1S/C5H13N.Zr/c1-2-3-4-5-6;/h2-6H2,1H3;. The first-order valence-electron chi connectivity index (χ1n) is 2.62. The molecule has 0 aromatic carbocycles. The van der Waals surface area contributed by atoms with E-state index < -0.39 is 0 Å². The quantitative estimate of drug-likeness (QED) is 0.644. The van der Waals surface area contributed by atoms with Gasteiger partial charge in [-0.25, -0.2) is 0 Å². The predicted molar refractivity (Wildman–Crippen MR) is 28.6 cm³/mol. The smallest absolute Gasteiger partial charge is 0 e. The van der Waals surface area contributed by atoms with Crippen LogP contribution in [0.25, 0.3) is 0 Å². The molecule has 0 saturated heterocycles. The average molecular weight is 178 g/mol. The third-order valence-electron chi connectivity index (χ3n) is 0.808. The van der Waals surface area contributed by atoms with Crippen LogP contribution in [0.15, 0.2) is 0 Å². The Morgan fingerprint density at radius 3 is 2.00 bits per heavy atom. The van der Waals surface area contributed by atoms with Crippen molar-refractivity contribution < 1.29 is 26.2 Å². The van der Waals surface area contributed by atoms with Gasteiger partial charge < -0.3 is 5.73 Å². The summed E-state index contributed by atoms with van der Waals surface area (Å²) < 4.78 is 0. The van der Waals surface area contributed by atoms with E-state index in [1.807, 2.05) is 0 Å². The molecular formula is C5H13NZr. The first-order chi connectivity index (χ1) is 2.91. The van der Waals surface area contributed by atoms with Crippen LogP contribution in [0.3, 0.4) is 0 Å². The fourth-order valence-electron chi connectivity index (χ4n) is 0.394. The van der Waals surface area contributed by atoms with Crippen LogP contribution in [0.4, 0.5) is 0 Å². The van der Waals surface area contributed by atoms with E-state index in [0.717, 1.165) is 6.54 Å². The van der Waals surface area contributed by atoms with Crippen LogP contribution in [0.2, 0.25) is 0 Å². The Morgan fingerprint density at radius 1 is 1.29 bits per heavy atom. The first kappa shape index (κ1) is 10.8. The van der Waals surface area contributed by atoms with Crippen LogP contribution >= 0.6 is 0 Å². The van der Waals surface area contributed by atoms with Gasteiger partial charge in [0.1, 0.15) is 0 Å². The normalized spacial score (nSPS) is 7.71. The van der Waals surface area contributed by atoms with Crippen LogP contribution in [0, 0.1) is 0 Å². The molecule has 1 nitrogen and oxygen atoms in total. The van der Waals surface area contributed by atoms with Crippen LogP contribution in [-0.2, 0) is 26.2 Å². The first-order valence-corrected chi connectivity index (χ1v) is 2.62. The summed E-state index contributed by atoms with van der Waals surface area (Å²) in [6.45, 7) is 3.03. The zero-order chi connectivity index (χ0) is 4.83. The minimum atomic E-state index is 0. The fraction of sp³-hybridized carbons (Fsp3) is 1.00. The summed E-state index contributed by atoms with van der Waals surface area (Å²) in [7, 11) is 0. The molecule has 7 heavy (non-hydrogen) atoms. The number of hydrogen-bond donors (Lipinski definition) is 1. The number of nitrogens with two attached hydrogens (primary N) is 1. The Labute approximate surface area is 64.8 Å². The van der Waals surface area contributed by atoms with Gasteiger partial charge in [0.25, 0.3) is 0 Å². The summed E-state index contributed by atoms with van der Waals surface area (Å²) in [5.41, 5.74) is 5.21. The Kier molecular flexibility index (Phi) is 15.3. The van der Waals surface area contributed by atoms with E-state index in [0.29, 0.717) is 0 Å². The molecule has 0 atom stereocenters. The van der Waals surface area contributed by atoms with Gasteiger partial charge in [-0.1, -0.05) is 19.8 Å². The molecule has 2 N–H and O–H groups in total. The molecule has 0 heterocycles. The van der Waals surface area contributed by atoms with Gasteiger partial charge in [-0.15, -0.1) is 0 Å². The van der Waals surface area contributed by atoms with Crippen molar-refractivity contribution in [3.8, 4) is 0 Å². The van der Waals surface area contributed by atoms with Gasteiger partial charge in [-0.05, 0) is 13.0 Å². The van der Waals surface area contributed by atoms with Gasteiger partial charge in [0.15, 0.2) is 0 Å². The van der Waals surface area contributed by atoms with E-state index in [1.165, 1.54) is 19.3 Å².